The van der Waals surface area contributed by atoms with Crippen molar-refractivity contribution >= 4 is 17.1 Å². The molecule has 0 fully saturated rings. The van der Waals surface area contributed by atoms with Gasteiger partial charge < -0.3 is 4.90 Å². The number of rotatable bonds is 10. The minimum absolute atomic E-state index is 0.00910. The molecule has 0 atom stereocenters. The van der Waals surface area contributed by atoms with E-state index in [9.17, 15) is 0 Å². The van der Waals surface area contributed by atoms with E-state index in [0.717, 1.165) is 12.1 Å². The third-order valence-electron chi connectivity index (χ3n) is 17.5. The van der Waals surface area contributed by atoms with Gasteiger partial charge in [-0.1, -0.05) is 256 Å². The quantitative estimate of drug-likeness (QED) is 0.123. The molecule has 2 aliphatic rings. The first-order valence-corrected chi connectivity index (χ1v) is 29.0. The lowest BCUT2D eigenvalue weighted by Crippen LogP contribution is -2.31. The summed E-state index contributed by atoms with van der Waals surface area (Å²) in [5.41, 5.74) is 28.0. The maximum Gasteiger partial charge on any atom is 0.0713 e. The molecule has 0 bridgehead atoms. The predicted octanol–water partition coefficient (Wildman–Crippen LogP) is 21.4. The van der Waals surface area contributed by atoms with Gasteiger partial charge in [-0.15, -0.1) is 0 Å². The van der Waals surface area contributed by atoms with Crippen LogP contribution in [0.25, 0.3) is 33.4 Å². The standard InChI is InChI=1S/C76H87N/c1-18-19-20-21-22-51-25-29-56(30-26-51)76(65-39-49(2)23-35-63(65)64-36-24-50(3)40-66(64)76)57-31-33-62(34-32-57)77-69-37-27-52(54-41-58(71(4,5)6)47-59(42-54)72(7,8)9)45-67(69)75(16,17)68-46-53(28-38-70(68)77)55-43-60(73(10,11)12)48-61(44-55)74(13,14)15/h23-48H,18-22H2,1-17H3. The van der Waals surface area contributed by atoms with Crippen molar-refractivity contribution in [2.24, 2.45) is 0 Å². The van der Waals surface area contributed by atoms with Crippen molar-refractivity contribution in [2.75, 3.05) is 4.90 Å². The first-order valence-electron chi connectivity index (χ1n) is 29.0. The van der Waals surface area contributed by atoms with Crippen LogP contribution in [0.15, 0.2) is 158 Å². The normalized spacial score (nSPS) is 14.7. The Morgan fingerprint density at radius 1 is 0.377 bits per heavy atom. The van der Waals surface area contributed by atoms with Crippen molar-refractivity contribution < 1.29 is 0 Å². The zero-order valence-electron chi connectivity index (χ0n) is 50.0. The second-order valence-corrected chi connectivity index (χ2v) is 27.9. The van der Waals surface area contributed by atoms with Gasteiger partial charge in [0, 0.05) is 11.1 Å². The smallest absolute Gasteiger partial charge is 0.0713 e. The second-order valence-electron chi connectivity index (χ2n) is 27.9. The van der Waals surface area contributed by atoms with E-state index in [2.05, 4.69) is 280 Å². The Labute approximate surface area is 465 Å². The lowest BCUT2D eigenvalue weighted by atomic mass is 9.67. The summed E-state index contributed by atoms with van der Waals surface area (Å²) in [7, 11) is 0. The third kappa shape index (κ3) is 9.85. The molecule has 0 amide bonds. The molecule has 77 heavy (non-hydrogen) atoms. The Bertz CT molecular complexity index is 3270. The topological polar surface area (TPSA) is 3.24 Å². The van der Waals surface area contributed by atoms with Crippen molar-refractivity contribution in [3.8, 4) is 33.4 Å². The summed E-state index contributed by atoms with van der Waals surface area (Å²) >= 11 is 0. The number of benzene rings is 8. The lowest BCUT2D eigenvalue weighted by Gasteiger charge is -2.43. The summed E-state index contributed by atoms with van der Waals surface area (Å²) in [4.78, 5) is 2.57. The number of fused-ring (bicyclic) bond motifs is 5. The first kappa shape index (κ1) is 53.9. The van der Waals surface area contributed by atoms with Crippen molar-refractivity contribution in [1.82, 2.24) is 0 Å². The highest BCUT2D eigenvalue weighted by molar-refractivity contribution is 5.91. The third-order valence-corrected chi connectivity index (χ3v) is 17.5. The molecule has 0 aromatic heterocycles. The van der Waals surface area contributed by atoms with Gasteiger partial charge in [-0.05, 0) is 179 Å². The Balaban J connectivity index is 1.18. The average Bonchev–Trinajstić information content (AvgIpc) is 3.98. The molecule has 8 aromatic carbocycles. The van der Waals surface area contributed by atoms with Gasteiger partial charge >= 0.3 is 0 Å². The Kier molecular flexibility index (Phi) is 13.6. The maximum absolute atomic E-state index is 2.57. The van der Waals surface area contributed by atoms with Gasteiger partial charge in [0.25, 0.3) is 0 Å². The van der Waals surface area contributed by atoms with Gasteiger partial charge in [-0.2, -0.15) is 0 Å². The molecule has 1 nitrogen and oxygen atoms in total. The van der Waals surface area contributed by atoms with Crippen molar-refractivity contribution in [3.63, 3.8) is 0 Å². The van der Waals surface area contributed by atoms with E-state index in [1.165, 1.54) is 143 Å². The van der Waals surface area contributed by atoms with Crippen LogP contribution < -0.4 is 4.90 Å². The highest BCUT2D eigenvalue weighted by Crippen LogP contribution is 2.58. The highest BCUT2D eigenvalue weighted by atomic mass is 15.2. The van der Waals surface area contributed by atoms with E-state index < -0.39 is 5.41 Å². The largest absolute Gasteiger partial charge is 0.310 e. The Hall–Kier alpha value is -6.44. The van der Waals surface area contributed by atoms with Gasteiger partial charge in [0.2, 0.25) is 0 Å². The van der Waals surface area contributed by atoms with Crippen LogP contribution in [0.1, 0.15) is 202 Å². The zero-order chi connectivity index (χ0) is 55.2. The fourth-order valence-corrected chi connectivity index (χ4v) is 12.6. The molecule has 1 aliphatic carbocycles. The molecule has 0 N–H and O–H groups in total. The minimum atomic E-state index is -0.494. The van der Waals surface area contributed by atoms with Crippen LogP contribution in [0.3, 0.4) is 0 Å². The Morgan fingerprint density at radius 2 is 0.779 bits per heavy atom. The molecule has 1 aliphatic heterocycles. The summed E-state index contributed by atoms with van der Waals surface area (Å²) < 4.78 is 0. The van der Waals surface area contributed by atoms with Gasteiger partial charge in [0.05, 0.1) is 16.8 Å². The SMILES string of the molecule is CCCCCCc1ccc(C2(c3ccc(N4c5ccc(-c6cc(C(C)(C)C)cc(C(C)(C)C)c6)cc5C(C)(C)c5cc(-c6cc(C(C)(C)C)cc(C(C)(C)C)c6)ccc54)cc3)c3cc(C)ccc3-c3ccc(C)cc32)cc1. The van der Waals surface area contributed by atoms with Crippen LogP contribution in [0.4, 0.5) is 17.1 Å². The molecule has 1 heterocycles. The number of hydrogen-bond donors (Lipinski definition) is 0. The van der Waals surface area contributed by atoms with E-state index >= 15 is 0 Å². The predicted molar refractivity (Wildman–Crippen MR) is 334 cm³/mol. The maximum atomic E-state index is 2.57. The van der Waals surface area contributed by atoms with Crippen molar-refractivity contribution in [1.29, 1.82) is 0 Å². The van der Waals surface area contributed by atoms with E-state index in [0.29, 0.717) is 0 Å². The van der Waals surface area contributed by atoms with Crippen LogP contribution in [0.5, 0.6) is 0 Å². The van der Waals surface area contributed by atoms with E-state index in [1.54, 1.807) is 0 Å². The van der Waals surface area contributed by atoms with Crippen LogP contribution >= 0.6 is 0 Å². The van der Waals surface area contributed by atoms with Gasteiger partial charge in [-0.3, -0.25) is 0 Å². The average molecular weight is 1010 g/mol. The zero-order valence-corrected chi connectivity index (χ0v) is 50.0. The minimum Gasteiger partial charge on any atom is -0.310 e. The Morgan fingerprint density at radius 3 is 1.17 bits per heavy atom. The van der Waals surface area contributed by atoms with Gasteiger partial charge in [-0.25, -0.2) is 0 Å². The fourth-order valence-electron chi connectivity index (χ4n) is 12.6. The van der Waals surface area contributed by atoms with Crippen LogP contribution in [0.2, 0.25) is 0 Å². The monoisotopic (exact) mass is 1010 g/mol. The van der Waals surface area contributed by atoms with E-state index in [-0.39, 0.29) is 27.1 Å². The van der Waals surface area contributed by atoms with Gasteiger partial charge in [0.15, 0.2) is 0 Å². The molecule has 8 aromatic rings. The van der Waals surface area contributed by atoms with Crippen LogP contribution in [-0.2, 0) is 38.9 Å². The summed E-state index contributed by atoms with van der Waals surface area (Å²) in [5.74, 6) is 0. The summed E-state index contributed by atoms with van der Waals surface area (Å²) in [5, 5.41) is 0. The number of hydrogen-bond acceptors (Lipinski definition) is 1. The molecule has 0 spiro atoms. The molecule has 0 radical (unpaired) electrons. The molecule has 0 saturated carbocycles. The molecule has 1 heteroatoms. The first-order chi connectivity index (χ1) is 36.2. The van der Waals surface area contributed by atoms with Crippen LogP contribution in [-0.4, -0.2) is 0 Å². The molecular weight excluding hydrogens is 927 g/mol. The summed E-state index contributed by atoms with van der Waals surface area (Å²) in [6, 6.07) is 63.1. The number of unbranched alkanes of at least 4 members (excludes halogenated alkanes) is 3. The van der Waals surface area contributed by atoms with E-state index in [4.69, 9.17) is 0 Å². The van der Waals surface area contributed by atoms with Crippen LogP contribution in [0, 0.1) is 13.8 Å². The lowest BCUT2D eigenvalue weighted by molar-refractivity contribution is 0.568. The van der Waals surface area contributed by atoms with Crippen molar-refractivity contribution in [2.45, 2.75) is 182 Å². The summed E-state index contributed by atoms with van der Waals surface area (Å²) in [6.45, 7) is 39.8. The molecule has 10 rings (SSSR count). The molecule has 0 saturated heterocycles. The second kappa shape index (κ2) is 19.5. The van der Waals surface area contributed by atoms with E-state index in [1.807, 2.05) is 0 Å². The number of nitrogens with zero attached hydrogens (tertiary/aromatic N) is 1. The highest BCUT2D eigenvalue weighted by Gasteiger charge is 2.47. The number of aryl methyl sites for hydroxylation is 3. The molecule has 396 valence electrons. The van der Waals surface area contributed by atoms with Crippen molar-refractivity contribution in [3.05, 3.63) is 230 Å². The number of anilines is 3. The molecule has 0 unspecified atom stereocenters. The fraction of sp³-hybridized carbons (Fsp3) is 0.368. The van der Waals surface area contributed by atoms with Gasteiger partial charge in [0.1, 0.15) is 0 Å². The molecular formula is C76H87N. The summed E-state index contributed by atoms with van der Waals surface area (Å²) in [6.07, 6.45) is 6.19.